The van der Waals surface area contributed by atoms with Gasteiger partial charge in [-0.05, 0) is 50.1 Å². The minimum absolute atomic E-state index is 0.173. The molecular formula is C39H53F3N6O5S2. The number of rotatable bonds is 13. The van der Waals surface area contributed by atoms with Gasteiger partial charge in [0.1, 0.15) is 5.75 Å². The van der Waals surface area contributed by atoms with E-state index in [1.54, 1.807) is 19.9 Å². The first kappa shape index (κ1) is 42.5. The van der Waals surface area contributed by atoms with Crippen LogP contribution in [0.4, 0.5) is 24.5 Å². The molecule has 2 saturated heterocycles. The van der Waals surface area contributed by atoms with Crippen LogP contribution in [0.15, 0.2) is 48.5 Å². The zero-order chi connectivity index (χ0) is 39.7. The third-order valence-corrected chi connectivity index (χ3v) is 11.4. The molecule has 2 aromatic carbocycles. The third kappa shape index (κ3) is 12.7. The zero-order valence-electron chi connectivity index (χ0n) is 31.9. The number of nitrogens with zero attached hydrogens (tertiary/aromatic N) is 6. The van der Waals surface area contributed by atoms with Crippen molar-refractivity contribution in [2.75, 3.05) is 81.9 Å². The lowest BCUT2D eigenvalue weighted by Gasteiger charge is -2.37. The lowest BCUT2D eigenvalue weighted by molar-refractivity contribution is -0.137. The van der Waals surface area contributed by atoms with Gasteiger partial charge in [0.25, 0.3) is 0 Å². The SMILES string of the molecule is Cc1nc(CC(O)CN2CCN(c3cccc(C(F)(F)F)c3)CC2)sc1O.Cc1nc(CC(O)CN2CCN(c3ccccc3OCC(C)C)CC2)sc1O. The lowest BCUT2D eigenvalue weighted by Crippen LogP contribution is -2.49. The summed E-state index contributed by atoms with van der Waals surface area (Å²) in [5.74, 6) is 1.44. The molecule has 4 N–H and O–H groups in total. The number of aromatic nitrogens is 2. The van der Waals surface area contributed by atoms with E-state index >= 15 is 0 Å². The molecule has 55 heavy (non-hydrogen) atoms. The predicted octanol–water partition coefficient (Wildman–Crippen LogP) is 5.82. The van der Waals surface area contributed by atoms with E-state index < -0.39 is 23.9 Å². The van der Waals surface area contributed by atoms with Crippen LogP contribution in [-0.4, -0.2) is 124 Å². The molecule has 0 saturated carbocycles. The second-order valence-electron chi connectivity index (χ2n) is 14.5. The fourth-order valence-corrected chi connectivity index (χ4v) is 8.27. The number of aliphatic hydroxyl groups excluding tert-OH is 2. The molecule has 2 aromatic heterocycles. The Labute approximate surface area is 329 Å². The van der Waals surface area contributed by atoms with E-state index in [-0.39, 0.29) is 10.1 Å². The van der Waals surface area contributed by atoms with E-state index in [0.29, 0.717) is 80.1 Å². The first-order chi connectivity index (χ1) is 26.1. The van der Waals surface area contributed by atoms with Crippen LogP contribution >= 0.6 is 22.7 Å². The van der Waals surface area contributed by atoms with Gasteiger partial charge in [-0.2, -0.15) is 13.2 Å². The fourth-order valence-electron chi connectivity index (χ4n) is 6.53. The van der Waals surface area contributed by atoms with E-state index in [1.807, 2.05) is 17.0 Å². The molecule has 4 heterocycles. The van der Waals surface area contributed by atoms with Crippen molar-refractivity contribution in [1.82, 2.24) is 19.8 Å². The van der Waals surface area contributed by atoms with Gasteiger partial charge in [-0.1, -0.05) is 54.7 Å². The van der Waals surface area contributed by atoms with Crippen LogP contribution in [0.3, 0.4) is 0 Å². The average molecular weight is 807 g/mol. The predicted molar refractivity (Wildman–Crippen MR) is 212 cm³/mol. The van der Waals surface area contributed by atoms with E-state index in [9.17, 15) is 33.6 Å². The summed E-state index contributed by atoms with van der Waals surface area (Å²) < 4.78 is 44.6. The van der Waals surface area contributed by atoms with E-state index in [2.05, 4.69) is 50.6 Å². The van der Waals surface area contributed by atoms with Crippen molar-refractivity contribution in [2.45, 2.75) is 58.9 Å². The Morgan fingerprint density at radius 2 is 1.24 bits per heavy atom. The summed E-state index contributed by atoms with van der Waals surface area (Å²) in [4.78, 5) is 17.2. The first-order valence-electron chi connectivity index (χ1n) is 18.6. The molecule has 2 atom stereocenters. The van der Waals surface area contributed by atoms with Crippen molar-refractivity contribution in [1.29, 1.82) is 0 Å². The Hall–Kier alpha value is -3.67. The number of aliphatic hydroxyl groups is 2. The second kappa shape index (κ2) is 19.5. The van der Waals surface area contributed by atoms with Gasteiger partial charge in [-0.15, -0.1) is 0 Å². The third-order valence-electron chi connectivity index (χ3n) is 9.45. The number of hydrogen-bond acceptors (Lipinski definition) is 13. The van der Waals surface area contributed by atoms with E-state index in [4.69, 9.17) is 4.74 Å². The molecule has 0 radical (unpaired) electrons. The highest BCUT2D eigenvalue weighted by Crippen LogP contribution is 2.33. The number of hydrogen-bond donors (Lipinski definition) is 4. The van der Waals surface area contributed by atoms with Crippen molar-refractivity contribution in [2.24, 2.45) is 5.92 Å². The molecule has 4 aromatic rings. The Bertz CT molecular complexity index is 1750. The maximum Gasteiger partial charge on any atom is 0.416 e. The number of benzene rings is 2. The van der Waals surface area contributed by atoms with Crippen molar-refractivity contribution in [3.8, 4) is 15.9 Å². The highest BCUT2D eigenvalue weighted by molar-refractivity contribution is 7.13. The number of ether oxygens (including phenoxy) is 1. The standard InChI is InChI=1S/C21H31N3O3S.C18H22F3N3O2S/c1-15(2)14-27-19-7-5-4-6-18(19)24-10-8-23(9-11-24)13-17(25)12-20-22-16(3)21(26)28-20;1-12-17(26)27-16(22-12)10-15(25)11-23-5-7-24(8-6-23)14-4-2-3-13(9-14)18(19,20)21/h4-7,15,17,25-26H,8-14H2,1-3H3;2-4,9,15,25-26H,5-8,10-11H2,1H3. The highest BCUT2D eigenvalue weighted by atomic mass is 32.1. The monoisotopic (exact) mass is 806 g/mol. The molecule has 0 spiro atoms. The summed E-state index contributed by atoms with van der Waals surface area (Å²) in [6, 6.07) is 13.6. The Balaban J connectivity index is 0.000000211. The number of aromatic hydroxyl groups is 2. The van der Waals surface area contributed by atoms with Gasteiger partial charge in [-0.3, -0.25) is 9.80 Å². The molecule has 302 valence electrons. The minimum Gasteiger partial charge on any atom is -0.498 e. The molecule has 0 aliphatic carbocycles. The first-order valence-corrected chi connectivity index (χ1v) is 20.3. The van der Waals surface area contributed by atoms with E-state index in [1.165, 1.54) is 34.8 Å². The normalized spacial score (nSPS) is 16.9. The van der Waals surface area contributed by atoms with Crippen molar-refractivity contribution < 1.29 is 38.3 Å². The molecular weight excluding hydrogens is 754 g/mol. The Morgan fingerprint density at radius 1 is 0.727 bits per heavy atom. The van der Waals surface area contributed by atoms with Crippen LogP contribution in [0.2, 0.25) is 0 Å². The van der Waals surface area contributed by atoms with Crippen molar-refractivity contribution >= 4 is 34.0 Å². The van der Waals surface area contributed by atoms with Crippen molar-refractivity contribution in [3.63, 3.8) is 0 Å². The van der Waals surface area contributed by atoms with Crippen molar-refractivity contribution in [3.05, 3.63) is 75.5 Å². The summed E-state index contributed by atoms with van der Waals surface area (Å²) in [6.07, 6.45) is -4.56. The quantitative estimate of drug-likeness (QED) is 0.131. The topological polar surface area (TPSA) is 129 Å². The molecule has 0 amide bonds. The molecule has 2 aliphatic rings. The lowest BCUT2D eigenvalue weighted by atomic mass is 10.1. The van der Waals surface area contributed by atoms with E-state index in [0.717, 1.165) is 55.3 Å². The Morgan fingerprint density at radius 3 is 1.71 bits per heavy atom. The van der Waals surface area contributed by atoms with Gasteiger partial charge < -0.3 is 35.0 Å². The van der Waals surface area contributed by atoms with Crippen LogP contribution in [0.5, 0.6) is 15.9 Å². The van der Waals surface area contributed by atoms with Gasteiger partial charge >= 0.3 is 6.18 Å². The number of piperazine rings is 2. The number of β-amino-alcohol motifs (C(OH)–C–C–N with tert-alkyl or cyclic N) is 2. The summed E-state index contributed by atoms with van der Waals surface area (Å²) in [5, 5.41) is 41.8. The van der Waals surface area contributed by atoms with Gasteiger partial charge in [0.2, 0.25) is 0 Å². The molecule has 0 bridgehead atoms. The smallest absolute Gasteiger partial charge is 0.416 e. The molecule has 16 heteroatoms. The number of aryl methyl sites for hydroxylation is 2. The number of alkyl halides is 3. The molecule has 6 rings (SSSR count). The summed E-state index contributed by atoms with van der Waals surface area (Å²) in [6.45, 7) is 15.8. The number of thiazole rings is 2. The maximum absolute atomic E-state index is 12.9. The van der Waals surface area contributed by atoms with Crippen LogP contribution in [-0.2, 0) is 19.0 Å². The number of anilines is 2. The van der Waals surface area contributed by atoms with Gasteiger partial charge in [0.05, 0.1) is 51.5 Å². The van der Waals surface area contributed by atoms with Crippen LogP contribution < -0.4 is 14.5 Å². The average Bonchev–Trinajstić information content (AvgIpc) is 3.63. The largest absolute Gasteiger partial charge is 0.498 e. The molecule has 2 unspecified atom stereocenters. The summed E-state index contributed by atoms with van der Waals surface area (Å²) in [7, 11) is 0. The van der Waals surface area contributed by atoms with Gasteiger partial charge in [0.15, 0.2) is 10.1 Å². The summed E-state index contributed by atoms with van der Waals surface area (Å²) in [5.41, 5.74) is 2.28. The highest BCUT2D eigenvalue weighted by Gasteiger charge is 2.31. The minimum atomic E-state index is -4.34. The van der Waals surface area contributed by atoms with Crippen LogP contribution in [0, 0.1) is 19.8 Å². The Kier molecular flexibility index (Phi) is 15.0. The summed E-state index contributed by atoms with van der Waals surface area (Å²) >= 11 is 2.43. The van der Waals surface area contributed by atoms with Crippen LogP contribution in [0.1, 0.15) is 40.8 Å². The van der Waals surface area contributed by atoms with Gasteiger partial charge in [0, 0.05) is 84.0 Å². The molecule has 2 fully saturated rings. The number of halogens is 3. The fraction of sp³-hybridized carbons (Fsp3) is 0.538. The zero-order valence-corrected chi connectivity index (χ0v) is 33.5. The number of para-hydroxylation sites is 2. The molecule has 2 aliphatic heterocycles. The second-order valence-corrected chi connectivity index (χ2v) is 16.6. The van der Waals surface area contributed by atoms with Gasteiger partial charge in [-0.25, -0.2) is 9.97 Å². The van der Waals surface area contributed by atoms with Crippen LogP contribution in [0.25, 0.3) is 0 Å². The maximum atomic E-state index is 12.9. The molecule has 11 nitrogen and oxygen atoms in total.